The lowest BCUT2D eigenvalue weighted by Crippen LogP contribution is -2.10. The number of aryl methyl sites for hydroxylation is 1. The molecule has 1 N–H and O–H groups in total. The Bertz CT molecular complexity index is 719. The molecule has 1 heterocycles. The van der Waals surface area contributed by atoms with Gasteiger partial charge in [0.2, 0.25) is 5.91 Å². The number of hydrogen-bond acceptors (Lipinski definition) is 5. The molecule has 0 aliphatic heterocycles. The summed E-state index contributed by atoms with van der Waals surface area (Å²) >= 11 is 1.36. The highest BCUT2D eigenvalue weighted by Crippen LogP contribution is 2.40. The van der Waals surface area contributed by atoms with Gasteiger partial charge in [-0.3, -0.25) is 4.79 Å². The molecule has 0 aliphatic rings. The van der Waals surface area contributed by atoms with E-state index in [0.717, 1.165) is 21.8 Å². The zero-order valence-electron chi connectivity index (χ0n) is 13.6. The topological polar surface area (TPSA) is 64.6 Å². The fourth-order valence-corrected chi connectivity index (χ4v) is 3.43. The first-order valence-corrected chi connectivity index (χ1v) is 8.02. The van der Waals surface area contributed by atoms with Gasteiger partial charge in [-0.1, -0.05) is 12.1 Å². The first kappa shape index (κ1) is 17.0. The third-order valence-electron chi connectivity index (χ3n) is 3.22. The Kier molecular flexibility index (Phi) is 5.39. The van der Waals surface area contributed by atoms with Gasteiger partial charge < -0.3 is 14.8 Å². The van der Waals surface area contributed by atoms with Crippen molar-refractivity contribution < 1.29 is 19.1 Å². The standard InChI is InChI=1S/C17H19NO4S/c1-5-22-13-8-6-12(7-9-13)14-10(2)23-16(18-11(3)19)15(14)17(20)21-4/h6-9H,5H2,1-4H3,(H,18,19). The first-order valence-electron chi connectivity index (χ1n) is 7.20. The lowest BCUT2D eigenvalue weighted by Gasteiger charge is -2.08. The molecule has 0 saturated heterocycles. The number of rotatable bonds is 5. The van der Waals surface area contributed by atoms with Gasteiger partial charge in [-0.25, -0.2) is 4.79 Å². The molecule has 0 spiro atoms. The minimum atomic E-state index is -0.470. The summed E-state index contributed by atoms with van der Waals surface area (Å²) in [6, 6.07) is 7.50. The summed E-state index contributed by atoms with van der Waals surface area (Å²) in [5, 5.41) is 3.21. The van der Waals surface area contributed by atoms with E-state index in [1.807, 2.05) is 38.1 Å². The lowest BCUT2D eigenvalue weighted by atomic mass is 10.0. The molecule has 0 aliphatic carbocycles. The van der Waals surface area contributed by atoms with Gasteiger partial charge in [0.05, 0.1) is 13.7 Å². The summed E-state index contributed by atoms with van der Waals surface area (Å²) in [6.45, 7) is 5.84. The van der Waals surface area contributed by atoms with Crippen LogP contribution < -0.4 is 10.1 Å². The fraction of sp³-hybridized carbons (Fsp3) is 0.294. The SMILES string of the molecule is CCOc1ccc(-c2c(C)sc(NC(C)=O)c2C(=O)OC)cc1. The van der Waals surface area contributed by atoms with E-state index in [0.29, 0.717) is 17.2 Å². The van der Waals surface area contributed by atoms with E-state index in [2.05, 4.69) is 5.32 Å². The van der Waals surface area contributed by atoms with E-state index >= 15 is 0 Å². The molecule has 1 aromatic carbocycles. The van der Waals surface area contributed by atoms with E-state index in [4.69, 9.17) is 9.47 Å². The number of esters is 1. The second-order valence-electron chi connectivity index (χ2n) is 4.87. The van der Waals surface area contributed by atoms with Crippen molar-refractivity contribution in [2.45, 2.75) is 20.8 Å². The Balaban J connectivity index is 2.53. The number of thiophene rings is 1. The number of carbonyl (C=O) groups is 2. The van der Waals surface area contributed by atoms with Gasteiger partial charge in [-0.15, -0.1) is 11.3 Å². The molecule has 5 nitrogen and oxygen atoms in total. The summed E-state index contributed by atoms with van der Waals surface area (Å²) in [4.78, 5) is 24.5. The highest BCUT2D eigenvalue weighted by atomic mass is 32.1. The van der Waals surface area contributed by atoms with Crippen LogP contribution in [-0.2, 0) is 9.53 Å². The van der Waals surface area contributed by atoms with Crippen molar-refractivity contribution in [1.29, 1.82) is 0 Å². The molecule has 6 heteroatoms. The summed E-state index contributed by atoms with van der Waals surface area (Å²) in [5.74, 6) is 0.0717. The average Bonchev–Trinajstić information content (AvgIpc) is 2.83. The van der Waals surface area contributed by atoms with Crippen LogP contribution in [0.2, 0.25) is 0 Å². The molecule has 1 aromatic heterocycles. The lowest BCUT2D eigenvalue weighted by molar-refractivity contribution is -0.114. The van der Waals surface area contributed by atoms with Crippen molar-refractivity contribution in [3.63, 3.8) is 0 Å². The second kappa shape index (κ2) is 7.28. The summed E-state index contributed by atoms with van der Waals surface area (Å²) in [6.07, 6.45) is 0. The van der Waals surface area contributed by atoms with E-state index in [9.17, 15) is 9.59 Å². The maximum absolute atomic E-state index is 12.2. The Morgan fingerprint density at radius 2 is 1.87 bits per heavy atom. The van der Waals surface area contributed by atoms with Crippen LogP contribution in [0.1, 0.15) is 29.1 Å². The number of hydrogen-bond donors (Lipinski definition) is 1. The van der Waals surface area contributed by atoms with Crippen LogP contribution in [0.15, 0.2) is 24.3 Å². The zero-order valence-corrected chi connectivity index (χ0v) is 14.4. The normalized spacial score (nSPS) is 10.3. The van der Waals surface area contributed by atoms with E-state index in [1.54, 1.807) is 0 Å². The Morgan fingerprint density at radius 1 is 1.22 bits per heavy atom. The van der Waals surface area contributed by atoms with Crippen LogP contribution in [0.5, 0.6) is 5.75 Å². The molecular formula is C17H19NO4S. The monoisotopic (exact) mass is 333 g/mol. The van der Waals surface area contributed by atoms with E-state index in [-0.39, 0.29) is 5.91 Å². The molecule has 0 radical (unpaired) electrons. The van der Waals surface area contributed by atoms with Crippen molar-refractivity contribution in [3.8, 4) is 16.9 Å². The molecule has 0 atom stereocenters. The van der Waals surface area contributed by atoms with Crippen molar-refractivity contribution in [1.82, 2.24) is 0 Å². The Morgan fingerprint density at radius 3 is 2.39 bits per heavy atom. The van der Waals surface area contributed by atoms with Crippen molar-refractivity contribution in [3.05, 3.63) is 34.7 Å². The van der Waals surface area contributed by atoms with Crippen LogP contribution in [0.4, 0.5) is 5.00 Å². The van der Waals surface area contributed by atoms with Crippen molar-refractivity contribution >= 4 is 28.2 Å². The third kappa shape index (κ3) is 3.71. The predicted octanol–water partition coefficient (Wildman–Crippen LogP) is 3.87. The van der Waals surface area contributed by atoms with E-state index < -0.39 is 5.97 Å². The number of methoxy groups -OCH3 is 1. The van der Waals surface area contributed by atoms with Crippen LogP contribution in [0, 0.1) is 6.92 Å². The minimum absolute atomic E-state index is 0.227. The number of ether oxygens (including phenoxy) is 2. The molecule has 0 unspecified atom stereocenters. The van der Waals surface area contributed by atoms with Crippen LogP contribution in [0.25, 0.3) is 11.1 Å². The van der Waals surface area contributed by atoms with Crippen molar-refractivity contribution in [2.24, 2.45) is 0 Å². The number of anilines is 1. The molecule has 0 bridgehead atoms. The predicted molar refractivity (Wildman–Crippen MR) is 91.3 cm³/mol. The molecule has 2 aromatic rings. The van der Waals surface area contributed by atoms with E-state index in [1.165, 1.54) is 25.4 Å². The molecule has 1 amide bonds. The fourth-order valence-electron chi connectivity index (χ4n) is 2.32. The van der Waals surface area contributed by atoms with Gasteiger partial charge in [0.1, 0.15) is 16.3 Å². The van der Waals surface area contributed by atoms with Gasteiger partial charge in [-0.05, 0) is 31.5 Å². The molecule has 0 saturated carbocycles. The minimum Gasteiger partial charge on any atom is -0.494 e. The summed E-state index contributed by atoms with van der Waals surface area (Å²) < 4.78 is 10.3. The van der Waals surface area contributed by atoms with Gasteiger partial charge in [0.25, 0.3) is 0 Å². The highest BCUT2D eigenvalue weighted by Gasteiger charge is 2.24. The number of nitrogens with one attached hydrogen (secondary N) is 1. The van der Waals surface area contributed by atoms with Crippen LogP contribution in [0.3, 0.4) is 0 Å². The molecule has 0 fully saturated rings. The van der Waals surface area contributed by atoms with Gasteiger partial charge >= 0.3 is 5.97 Å². The summed E-state index contributed by atoms with van der Waals surface area (Å²) in [7, 11) is 1.33. The smallest absolute Gasteiger partial charge is 0.341 e. The maximum atomic E-state index is 12.2. The molecule has 122 valence electrons. The maximum Gasteiger partial charge on any atom is 0.341 e. The third-order valence-corrected chi connectivity index (χ3v) is 4.24. The first-order chi connectivity index (χ1) is 11.0. The number of amides is 1. The molecule has 23 heavy (non-hydrogen) atoms. The molecule has 2 rings (SSSR count). The van der Waals surface area contributed by atoms with Gasteiger partial charge in [0, 0.05) is 17.4 Å². The highest BCUT2D eigenvalue weighted by molar-refractivity contribution is 7.17. The van der Waals surface area contributed by atoms with Crippen molar-refractivity contribution in [2.75, 3.05) is 19.0 Å². The average molecular weight is 333 g/mol. The quantitative estimate of drug-likeness (QED) is 0.844. The zero-order chi connectivity index (χ0) is 17.0. The number of benzene rings is 1. The van der Waals surface area contributed by atoms with Gasteiger partial charge in [0.15, 0.2) is 0 Å². The Hall–Kier alpha value is -2.34. The molecular weight excluding hydrogens is 314 g/mol. The Labute approximate surface area is 139 Å². The number of carbonyl (C=O) groups excluding carboxylic acids is 2. The van der Waals surface area contributed by atoms with Crippen LogP contribution >= 0.6 is 11.3 Å². The van der Waals surface area contributed by atoms with Crippen LogP contribution in [-0.4, -0.2) is 25.6 Å². The largest absolute Gasteiger partial charge is 0.494 e. The second-order valence-corrected chi connectivity index (χ2v) is 6.09. The van der Waals surface area contributed by atoms with Gasteiger partial charge in [-0.2, -0.15) is 0 Å². The summed E-state index contributed by atoms with van der Waals surface area (Å²) in [5.41, 5.74) is 2.03.